The topological polar surface area (TPSA) is 48.1 Å². The van der Waals surface area contributed by atoms with Crippen LogP contribution in [0.15, 0.2) is 30.5 Å². The van der Waals surface area contributed by atoms with Gasteiger partial charge in [-0.1, -0.05) is 11.6 Å². The molecule has 2 rings (SSSR count). The summed E-state index contributed by atoms with van der Waals surface area (Å²) in [6.07, 6.45) is 1.01. The highest BCUT2D eigenvalue weighted by atomic mass is 35.5. The number of hydrogen-bond donors (Lipinski definition) is 1. The number of benzene rings is 1. The van der Waals surface area contributed by atoms with Gasteiger partial charge in [-0.25, -0.2) is 13.8 Å². The molecule has 2 N–H and O–H groups in total. The molecule has 0 spiro atoms. The predicted molar refractivity (Wildman–Crippen MR) is 63.6 cm³/mol. The third-order valence-electron chi connectivity index (χ3n) is 2.22. The molecule has 0 aliphatic rings. The molecule has 0 radical (unpaired) electrons. The molecular weight excluding hydrogens is 262 g/mol. The van der Waals surface area contributed by atoms with E-state index in [1.165, 1.54) is 24.3 Å². The summed E-state index contributed by atoms with van der Waals surface area (Å²) in [6.45, 7) is 0.0784. The lowest BCUT2D eigenvalue weighted by Gasteiger charge is -2.09. The van der Waals surface area contributed by atoms with E-state index in [1.807, 2.05) is 0 Å². The Kier molecular flexibility index (Phi) is 3.74. The lowest BCUT2D eigenvalue weighted by molar-refractivity contribution is 0.450. The maximum Gasteiger partial charge on any atom is 0.223 e. The summed E-state index contributed by atoms with van der Waals surface area (Å²) in [5.41, 5.74) is 5.87. The smallest absolute Gasteiger partial charge is 0.223 e. The summed E-state index contributed by atoms with van der Waals surface area (Å²) in [6, 6.07) is 5.10. The van der Waals surface area contributed by atoms with E-state index in [2.05, 4.69) is 4.98 Å². The molecule has 3 nitrogen and oxygen atoms in total. The van der Waals surface area contributed by atoms with Crippen LogP contribution in [-0.2, 0) is 6.54 Å². The van der Waals surface area contributed by atoms with Gasteiger partial charge in [-0.2, -0.15) is 0 Å². The Bertz CT molecular complexity index is 578. The van der Waals surface area contributed by atoms with Gasteiger partial charge in [-0.15, -0.1) is 0 Å². The number of nitrogens with zero attached hydrogens (tertiary/aromatic N) is 1. The Morgan fingerprint density at radius 1 is 1.28 bits per heavy atom. The van der Waals surface area contributed by atoms with Crippen LogP contribution in [0.3, 0.4) is 0 Å². The monoisotopic (exact) mass is 270 g/mol. The molecule has 94 valence electrons. The molecule has 2 aromatic rings. The van der Waals surface area contributed by atoms with Crippen molar-refractivity contribution in [2.45, 2.75) is 6.54 Å². The Morgan fingerprint density at radius 3 is 2.72 bits per heavy atom. The number of rotatable bonds is 3. The molecular formula is C12H9ClF2N2O. The van der Waals surface area contributed by atoms with Crippen molar-refractivity contribution in [3.8, 4) is 11.6 Å². The first-order chi connectivity index (χ1) is 8.60. The third kappa shape index (κ3) is 2.75. The molecule has 0 saturated heterocycles. The molecule has 0 atom stereocenters. The van der Waals surface area contributed by atoms with Crippen molar-refractivity contribution in [1.82, 2.24) is 4.98 Å². The first kappa shape index (κ1) is 12.7. The zero-order valence-electron chi connectivity index (χ0n) is 9.16. The number of pyridine rings is 1. The minimum Gasteiger partial charge on any atom is -0.439 e. The first-order valence-electron chi connectivity index (χ1n) is 5.07. The van der Waals surface area contributed by atoms with Gasteiger partial charge in [-0.05, 0) is 18.2 Å². The van der Waals surface area contributed by atoms with Crippen LogP contribution in [0.1, 0.15) is 5.56 Å². The molecule has 18 heavy (non-hydrogen) atoms. The quantitative estimate of drug-likeness (QED) is 0.931. The highest BCUT2D eigenvalue weighted by Crippen LogP contribution is 2.27. The second-order valence-electron chi connectivity index (χ2n) is 3.50. The van der Waals surface area contributed by atoms with Crippen molar-refractivity contribution < 1.29 is 13.5 Å². The van der Waals surface area contributed by atoms with Crippen molar-refractivity contribution in [2.75, 3.05) is 0 Å². The number of nitrogens with two attached hydrogens (primary N) is 1. The van der Waals surface area contributed by atoms with Crippen LogP contribution in [0.25, 0.3) is 0 Å². The molecule has 0 bridgehead atoms. The number of halogens is 3. The van der Waals surface area contributed by atoms with E-state index < -0.39 is 11.6 Å². The summed E-state index contributed by atoms with van der Waals surface area (Å²) >= 11 is 5.62. The molecule has 6 heteroatoms. The van der Waals surface area contributed by atoms with Crippen LogP contribution in [0.5, 0.6) is 11.6 Å². The third-order valence-corrected chi connectivity index (χ3v) is 2.51. The summed E-state index contributed by atoms with van der Waals surface area (Å²) in [7, 11) is 0. The van der Waals surface area contributed by atoms with Crippen LogP contribution >= 0.6 is 11.6 Å². The second kappa shape index (κ2) is 5.29. The van der Waals surface area contributed by atoms with E-state index in [0.29, 0.717) is 11.3 Å². The maximum atomic E-state index is 13.0. The van der Waals surface area contributed by atoms with Crippen molar-refractivity contribution in [3.63, 3.8) is 0 Å². The minimum absolute atomic E-state index is 0.0658. The largest absolute Gasteiger partial charge is 0.439 e. The van der Waals surface area contributed by atoms with Gasteiger partial charge >= 0.3 is 0 Å². The van der Waals surface area contributed by atoms with Crippen molar-refractivity contribution in [1.29, 1.82) is 0 Å². The molecule has 0 aliphatic heterocycles. The van der Waals surface area contributed by atoms with Gasteiger partial charge in [0.1, 0.15) is 17.4 Å². The molecule has 0 amide bonds. The minimum atomic E-state index is -0.546. The average molecular weight is 271 g/mol. The zero-order valence-corrected chi connectivity index (χ0v) is 9.92. The van der Waals surface area contributed by atoms with Gasteiger partial charge in [0.25, 0.3) is 0 Å². The van der Waals surface area contributed by atoms with E-state index >= 15 is 0 Å². The fourth-order valence-electron chi connectivity index (χ4n) is 1.36. The van der Waals surface area contributed by atoms with Crippen molar-refractivity contribution in [2.24, 2.45) is 5.73 Å². The summed E-state index contributed by atoms with van der Waals surface area (Å²) in [5, 5.41) is -0.0658. The van der Waals surface area contributed by atoms with Crippen molar-refractivity contribution >= 4 is 11.6 Å². The van der Waals surface area contributed by atoms with Gasteiger partial charge in [0.05, 0.1) is 11.2 Å². The van der Waals surface area contributed by atoms with Gasteiger partial charge in [0, 0.05) is 18.2 Å². The van der Waals surface area contributed by atoms with Gasteiger partial charge in [0.15, 0.2) is 0 Å². The highest BCUT2D eigenvalue weighted by Gasteiger charge is 2.08. The molecule has 1 heterocycles. The fraction of sp³-hybridized carbons (Fsp3) is 0.0833. The van der Waals surface area contributed by atoms with Gasteiger partial charge in [0.2, 0.25) is 5.88 Å². The standard InChI is InChI=1S/C12H9ClF2N2O/c13-10-4-9(1-2-11(10)15)18-12-7(5-16)3-8(14)6-17-12/h1-4,6H,5,16H2. The predicted octanol–water partition coefficient (Wildman–Crippen LogP) is 3.26. The lowest BCUT2D eigenvalue weighted by Crippen LogP contribution is -2.02. The average Bonchev–Trinajstić information content (AvgIpc) is 2.36. The molecule has 0 fully saturated rings. The first-order valence-corrected chi connectivity index (χ1v) is 5.45. The number of ether oxygens (including phenoxy) is 1. The number of aromatic nitrogens is 1. The SMILES string of the molecule is NCc1cc(F)cnc1Oc1ccc(F)c(Cl)c1. The van der Waals surface area contributed by atoms with Gasteiger partial charge < -0.3 is 10.5 Å². The van der Waals surface area contributed by atoms with E-state index in [4.69, 9.17) is 22.1 Å². The molecule has 0 saturated carbocycles. The Morgan fingerprint density at radius 2 is 2.06 bits per heavy atom. The van der Waals surface area contributed by atoms with Crippen LogP contribution in [-0.4, -0.2) is 4.98 Å². The van der Waals surface area contributed by atoms with Crippen molar-refractivity contribution in [3.05, 3.63) is 52.7 Å². The molecule has 0 unspecified atom stereocenters. The summed E-state index contributed by atoms with van der Waals surface area (Å²) < 4.78 is 31.3. The van der Waals surface area contributed by atoms with Crippen LogP contribution < -0.4 is 10.5 Å². The van der Waals surface area contributed by atoms with E-state index in [-0.39, 0.29) is 17.4 Å². The van der Waals surface area contributed by atoms with Crippen LogP contribution in [0.2, 0.25) is 5.02 Å². The Hall–Kier alpha value is -1.72. The molecule has 1 aromatic carbocycles. The van der Waals surface area contributed by atoms with E-state index in [1.54, 1.807) is 0 Å². The van der Waals surface area contributed by atoms with E-state index in [9.17, 15) is 8.78 Å². The maximum absolute atomic E-state index is 13.0. The molecule has 0 aliphatic carbocycles. The Labute approximate surface area is 107 Å². The Balaban J connectivity index is 2.30. The highest BCUT2D eigenvalue weighted by molar-refractivity contribution is 6.30. The lowest BCUT2D eigenvalue weighted by atomic mass is 10.2. The summed E-state index contributed by atoms with van der Waals surface area (Å²) in [5.74, 6) is -0.577. The van der Waals surface area contributed by atoms with E-state index in [0.717, 1.165) is 6.20 Å². The van der Waals surface area contributed by atoms with Crippen LogP contribution in [0, 0.1) is 11.6 Å². The second-order valence-corrected chi connectivity index (χ2v) is 3.91. The zero-order chi connectivity index (χ0) is 13.1. The van der Waals surface area contributed by atoms with Gasteiger partial charge in [-0.3, -0.25) is 0 Å². The van der Waals surface area contributed by atoms with Crippen LogP contribution in [0.4, 0.5) is 8.78 Å². The number of hydrogen-bond acceptors (Lipinski definition) is 3. The molecule has 1 aromatic heterocycles. The fourth-order valence-corrected chi connectivity index (χ4v) is 1.53. The summed E-state index contributed by atoms with van der Waals surface area (Å²) in [4.78, 5) is 3.78. The normalized spacial score (nSPS) is 10.4.